The Morgan fingerprint density at radius 2 is 1.69 bits per heavy atom. The van der Waals surface area contributed by atoms with Crippen molar-refractivity contribution in [2.75, 3.05) is 33.1 Å². The highest BCUT2D eigenvalue weighted by Crippen LogP contribution is 2.55. The van der Waals surface area contributed by atoms with Gasteiger partial charge in [-0.3, -0.25) is 24.1 Å². The van der Waals surface area contributed by atoms with Gasteiger partial charge in [0.1, 0.15) is 23.2 Å². The van der Waals surface area contributed by atoms with Crippen LogP contribution in [0.3, 0.4) is 0 Å². The summed E-state index contributed by atoms with van der Waals surface area (Å²) in [6, 6.07) is 5.13. The van der Waals surface area contributed by atoms with Crippen LogP contribution in [-0.2, 0) is 20.8 Å². The number of aliphatic hydroxyl groups is 1. The summed E-state index contributed by atoms with van der Waals surface area (Å²) in [6.45, 7) is 0. The number of primary amides is 1. The Hall–Kier alpha value is -3.06. The monoisotopic (exact) mass is 617 g/mol. The lowest BCUT2D eigenvalue weighted by Gasteiger charge is -2.62. The molecule has 2 aromatic carbocycles. The van der Waals surface area contributed by atoms with E-state index in [0.29, 0.717) is 21.8 Å². The van der Waals surface area contributed by atoms with Gasteiger partial charge in [-0.1, -0.05) is 29.3 Å². The van der Waals surface area contributed by atoms with E-state index < -0.39 is 64.2 Å². The number of carbonyl (C=O) groups is 4. The molecule has 0 bridgehead atoms. The van der Waals surface area contributed by atoms with Crippen LogP contribution >= 0.6 is 23.2 Å². The van der Waals surface area contributed by atoms with Crippen LogP contribution in [0.1, 0.15) is 28.8 Å². The molecule has 0 saturated heterocycles. The number of anilines is 1. The number of amides is 1. The number of aromatic hydroxyl groups is 1. The van der Waals surface area contributed by atoms with Gasteiger partial charge in [0.05, 0.1) is 27.2 Å². The molecule has 0 aliphatic heterocycles. The van der Waals surface area contributed by atoms with Crippen molar-refractivity contribution in [1.82, 2.24) is 4.90 Å². The Morgan fingerprint density at radius 1 is 1.05 bits per heavy atom. The van der Waals surface area contributed by atoms with E-state index >= 15 is 0 Å². The van der Waals surface area contributed by atoms with Gasteiger partial charge in [0, 0.05) is 37.3 Å². The number of carbonyl (C=O) groups excluding carboxylic acids is 4. The van der Waals surface area contributed by atoms with E-state index in [0.717, 1.165) is 0 Å². The Kier molecular flexibility index (Phi) is 7.04. The molecule has 2 unspecified atom stereocenters. The van der Waals surface area contributed by atoms with Gasteiger partial charge in [-0.15, -0.1) is 0 Å². The molecule has 42 heavy (non-hydrogen) atoms. The first kappa shape index (κ1) is 30.4. The van der Waals surface area contributed by atoms with Crippen molar-refractivity contribution >= 4 is 52.1 Å². The molecule has 3 aliphatic rings. The molecule has 0 radical (unpaired) electrons. The van der Waals surface area contributed by atoms with Gasteiger partial charge < -0.3 is 32.3 Å². The maximum absolute atomic E-state index is 14.3. The number of Topliss-reactive ketones (excluding diaryl/α,β-unsaturated/α-hetero) is 3. The number of likely N-dealkylation sites (N-methyl/N-ethyl adjacent to an activating group) is 1. The zero-order valence-corrected chi connectivity index (χ0v) is 25.1. The largest absolute Gasteiger partial charge is 0.507 e. The van der Waals surface area contributed by atoms with Gasteiger partial charge >= 0.3 is 0 Å². The fraction of sp³-hybridized carbons (Fsp3) is 0.448. The minimum absolute atomic E-state index is 0.0736. The number of phenols is 1. The van der Waals surface area contributed by atoms with Crippen molar-refractivity contribution in [3.8, 4) is 16.9 Å². The molecule has 0 heterocycles. The van der Waals surface area contributed by atoms with Gasteiger partial charge in [-0.25, -0.2) is 0 Å². The normalized spacial score (nSPS) is 32.3. The molecule has 224 valence electrons. The molecule has 8 N–H and O–H groups in total. The second-order valence-corrected chi connectivity index (χ2v) is 13.1. The number of halogens is 2. The van der Waals surface area contributed by atoms with E-state index in [1.165, 1.54) is 19.0 Å². The van der Waals surface area contributed by atoms with Gasteiger partial charge in [0.2, 0.25) is 5.91 Å². The number of nitrogens with two attached hydrogens (primary N) is 3. The van der Waals surface area contributed by atoms with Crippen molar-refractivity contribution < 1.29 is 29.4 Å². The lowest BCUT2D eigenvalue weighted by Crippen LogP contribution is -2.86. The minimum atomic E-state index is -2.49. The van der Waals surface area contributed by atoms with Crippen LogP contribution in [0.4, 0.5) is 5.69 Å². The Morgan fingerprint density at radius 3 is 2.24 bits per heavy atom. The minimum Gasteiger partial charge on any atom is -0.507 e. The van der Waals surface area contributed by atoms with Crippen LogP contribution in [0.2, 0.25) is 10.0 Å². The Balaban J connectivity index is 1.74. The highest BCUT2D eigenvalue weighted by Gasteiger charge is 2.74. The molecular weight excluding hydrogens is 585 g/mol. The van der Waals surface area contributed by atoms with Crippen molar-refractivity contribution in [2.24, 2.45) is 29.0 Å². The zero-order chi connectivity index (χ0) is 31.3. The van der Waals surface area contributed by atoms with Crippen molar-refractivity contribution in [3.05, 3.63) is 45.4 Å². The first-order chi connectivity index (χ1) is 19.4. The van der Waals surface area contributed by atoms with Gasteiger partial charge in [-0.2, -0.15) is 0 Å². The molecule has 13 heteroatoms. The average Bonchev–Trinajstić information content (AvgIpc) is 2.86. The fourth-order valence-electron chi connectivity index (χ4n) is 7.38. The van der Waals surface area contributed by atoms with Crippen LogP contribution in [0.15, 0.2) is 24.3 Å². The van der Waals surface area contributed by atoms with Crippen molar-refractivity contribution in [1.29, 1.82) is 0 Å². The number of hydrogen-bond acceptors (Lipinski definition) is 10. The second kappa shape index (κ2) is 9.73. The third kappa shape index (κ3) is 4.02. The van der Waals surface area contributed by atoms with E-state index in [1.807, 2.05) is 0 Å². The molecule has 0 spiro atoms. The molecule has 2 fully saturated rings. The summed E-state index contributed by atoms with van der Waals surface area (Å²) in [6.07, 6.45) is -1.05. The lowest BCUT2D eigenvalue weighted by atomic mass is 9.47. The maximum Gasteiger partial charge on any atom is 0.228 e. The fourth-order valence-corrected chi connectivity index (χ4v) is 7.67. The second-order valence-electron chi connectivity index (χ2n) is 12.2. The number of fused-ring (bicyclic) bond motifs is 3. The van der Waals surface area contributed by atoms with Gasteiger partial charge in [0.25, 0.3) is 0 Å². The molecule has 1 amide bonds. The molecule has 11 nitrogen and oxygen atoms in total. The van der Waals surface area contributed by atoms with E-state index in [1.54, 1.807) is 43.3 Å². The maximum atomic E-state index is 14.3. The predicted octanol–water partition coefficient (Wildman–Crippen LogP) is 0.890. The standard InChI is InChI=1S/C29H33Cl2N5O6/c1-35(2)18-8-13(12-5-6-16(30)17(31)7-12)21(37)19-14(18)9-27(33)11-28(34)24(36(3)4)22(38)15(26(32)41)10-29(28,42)25(40)20(27)23(19)39/h5-8,15,20,24,37,42H,9-11,33-34H2,1-4H3,(H2,32,41)/t15?,20?,24-,27-,28-,29-/m0/s1. The van der Waals surface area contributed by atoms with Crippen LogP contribution in [0.25, 0.3) is 11.1 Å². The van der Waals surface area contributed by atoms with Crippen LogP contribution in [-0.4, -0.2) is 89.3 Å². The molecule has 2 saturated carbocycles. The summed E-state index contributed by atoms with van der Waals surface area (Å²) in [5, 5.41) is 24.1. The summed E-state index contributed by atoms with van der Waals surface area (Å²) in [5.74, 6) is -6.96. The summed E-state index contributed by atoms with van der Waals surface area (Å²) in [5.41, 5.74) is 14.8. The smallest absolute Gasteiger partial charge is 0.228 e. The third-order valence-corrected chi connectivity index (χ3v) is 9.95. The molecule has 0 aromatic heterocycles. The van der Waals surface area contributed by atoms with E-state index in [9.17, 15) is 29.4 Å². The third-order valence-electron chi connectivity index (χ3n) is 9.21. The molecule has 2 aromatic rings. The van der Waals surface area contributed by atoms with Crippen LogP contribution < -0.4 is 22.1 Å². The topological polar surface area (TPSA) is 193 Å². The molecule has 5 rings (SSSR count). The quantitative estimate of drug-likeness (QED) is 0.307. The number of phenolic OH excluding ortho intramolecular Hbond substituents is 1. The first-order valence-electron chi connectivity index (χ1n) is 13.3. The summed E-state index contributed by atoms with van der Waals surface area (Å²) < 4.78 is 0. The van der Waals surface area contributed by atoms with Crippen LogP contribution in [0, 0.1) is 11.8 Å². The summed E-state index contributed by atoms with van der Waals surface area (Å²) in [4.78, 5) is 57.5. The summed E-state index contributed by atoms with van der Waals surface area (Å²) in [7, 11) is 6.59. The van der Waals surface area contributed by atoms with Crippen molar-refractivity contribution in [2.45, 2.75) is 42.0 Å². The zero-order valence-electron chi connectivity index (χ0n) is 23.6. The number of nitrogens with zero attached hydrogens (tertiary/aromatic N) is 2. The van der Waals surface area contributed by atoms with E-state index in [2.05, 4.69) is 0 Å². The number of benzene rings is 2. The number of rotatable bonds is 4. The molecule has 3 aliphatic carbocycles. The van der Waals surface area contributed by atoms with Gasteiger partial charge in [0.15, 0.2) is 17.3 Å². The van der Waals surface area contributed by atoms with E-state index in [-0.39, 0.29) is 34.7 Å². The SMILES string of the molecule is CN(C)c1cc(-c2ccc(Cl)c(Cl)c2)c(O)c2c1C[C@]1(N)C[C@]3(N)[C@@H](N(C)C)C(=O)C(C(N)=O)C[C@]3(O)C(=O)C1C2=O. The first-order valence-corrected chi connectivity index (χ1v) is 14.0. The van der Waals surface area contributed by atoms with Gasteiger partial charge in [-0.05, 0) is 56.3 Å². The van der Waals surface area contributed by atoms with Crippen molar-refractivity contribution in [3.63, 3.8) is 0 Å². The van der Waals surface area contributed by atoms with E-state index in [4.69, 9.17) is 40.4 Å². The summed E-state index contributed by atoms with van der Waals surface area (Å²) >= 11 is 12.3. The number of hydrogen-bond donors (Lipinski definition) is 5. The molecular formula is C29H33Cl2N5O6. The van der Waals surface area contributed by atoms with Crippen LogP contribution in [0.5, 0.6) is 5.75 Å². The Bertz CT molecular complexity index is 1580. The average molecular weight is 619 g/mol. The lowest BCUT2D eigenvalue weighted by molar-refractivity contribution is -0.182. The Labute approximate surface area is 252 Å². The predicted molar refractivity (Wildman–Crippen MR) is 158 cm³/mol. The highest BCUT2D eigenvalue weighted by molar-refractivity contribution is 6.42. The highest BCUT2D eigenvalue weighted by atomic mass is 35.5. The number of ketones is 3. The molecule has 6 atom stereocenters.